The van der Waals surface area contributed by atoms with Crippen LogP contribution >= 0.6 is 0 Å². The molecule has 0 spiro atoms. The summed E-state index contributed by atoms with van der Waals surface area (Å²) in [6.07, 6.45) is 8.76. The van der Waals surface area contributed by atoms with Gasteiger partial charge in [-0.2, -0.15) is 0 Å². The van der Waals surface area contributed by atoms with E-state index >= 15 is 0 Å². The molecule has 210 valence electrons. The molecule has 2 aliphatic carbocycles. The molecule has 2 aliphatic rings. The third-order valence-electron chi connectivity index (χ3n) is 8.00. The Kier molecular flexibility index (Phi) is 11.7. The lowest BCUT2D eigenvalue weighted by Gasteiger charge is -2.28. The van der Waals surface area contributed by atoms with Crippen molar-refractivity contribution in [3.8, 4) is 0 Å². The van der Waals surface area contributed by atoms with Crippen molar-refractivity contribution in [1.82, 2.24) is 0 Å². The van der Waals surface area contributed by atoms with Gasteiger partial charge in [-0.05, 0) is 93.1 Å². The number of carbonyl (C=O) groups excluding carboxylic acids is 2. The van der Waals surface area contributed by atoms with E-state index in [1.54, 1.807) is 19.1 Å². The number of ether oxygens (including phenoxy) is 1. The summed E-state index contributed by atoms with van der Waals surface area (Å²) in [6.45, 7) is 1.84. The molecule has 7 nitrogen and oxygen atoms in total. The van der Waals surface area contributed by atoms with Gasteiger partial charge in [-0.25, -0.2) is 4.79 Å². The van der Waals surface area contributed by atoms with Gasteiger partial charge in [-0.1, -0.05) is 54.6 Å². The third-order valence-corrected chi connectivity index (χ3v) is 8.00. The second-order valence-electron chi connectivity index (χ2n) is 10.7. The summed E-state index contributed by atoms with van der Waals surface area (Å²) in [7, 11) is 0. The lowest BCUT2D eigenvalue weighted by Crippen LogP contribution is -2.18. The summed E-state index contributed by atoms with van der Waals surface area (Å²) in [5.74, 6) is -1.11. The fourth-order valence-electron chi connectivity index (χ4n) is 5.84. The second-order valence-corrected chi connectivity index (χ2v) is 10.7. The van der Waals surface area contributed by atoms with Crippen molar-refractivity contribution < 1.29 is 34.1 Å². The molecule has 0 amide bonds. The number of benzene rings is 2. The van der Waals surface area contributed by atoms with Gasteiger partial charge in [-0.3, -0.25) is 14.4 Å². The van der Waals surface area contributed by atoms with Gasteiger partial charge < -0.3 is 14.9 Å². The van der Waals surface area contributed by atoms with Crippen LogP contribution in [-0.2, 0) is 19.1 Å². The van der Waals surface area contributed by atoms with E-state index in [1.165, 1.54) is 5.56 Å². The SMILES string of the molecule is CCOC(=O)C(=O)c1ccc(C2CCC(CC(=O)O)CC2)cc1.O=C(O)CC1CCC(c2ccccc2)CC1. The molecule has 0 unspecified atom stereocenters. The van der Waals surface area contributed by atoms with Crippen molar-refractivity contribution in [2.45, 2.75) is 83.0 Å². The molecule has 0 radical (unpaired) electrons. The molecular formula is C32H40O7. The zero-order chi connectivity index (χ0) is 28.2. The molecule has 39 heavy (non-hydrogen) atoms. The molecule has 0 aliphatic heterocycles. The summed E-state index contributed by atoms with van der Waals surface area (Å²) in [5, 5.41) is 17.6. The maximum Gasteiger partial charge on any atom is 0.379 e. The first kappa shape index (κ1) is 30.1. The molecule has 2 N–H and O–H groups in total. The number of aliphatic carboxylic acids is 2. The maximum absolute atomic E-state index is 11.8. The predicted octanol–water partition coefficient (Wildman–Crippen LogP) is 6.62. The number of hydrogen-bond donors (Lipinski definition) is 2. The summed E-state index contributed by atoms with van der Waals surface area (Å²) in [6, 6.07) is 17.7. The number of carbonyl (C=O) groups is 4. The minimum absolute atomic E-state index is 0.183. The van der Waals surface area contributed by atoms with Crippen molar-refractivity contribution in [3.63, 3.8) is 0 Å². The lowest BCUT2D eigenvalue weighted by molar-refractivity contribution is -0.139. The number of esters is 1. The third kappa shape index (κ3) is 9.65. The Hall–Kier alpha value is -3.48. The van der Waals surface area contributed by atoms with Gasteiger partial charge in [0.25, 0.3) is 5.78 Å². The minimum Gasteiger partial charge on any atom is -0.481 e. The Morgan fingerprint density at radius 3 is 1.51 bits per heavy atom. The van der Waals surface area contributed by atoms with E-state index in [2.05, 4.69) is 24.3 Å². The molecule has 4 rings (SSSR count). The number of ketones is 1. The second kappa shape index (κ2) is 15.2. The van der Waals surface area contributed by atoms with Gasteiger partial charge in [0.2, 0.25) is 0 Å². The van der Waals surface area contributed by atoms with E-state index in [9.17, 15) is 19.2 Å². The molecule has 2 saturated carbocycles. The molecule has 2 aromatic rings. The predicted molar refractivity (Wildman–Crippen MR) is 148 cm³/mol. The van der Waals surface area contributed by atoms with Crippen LogP contribution in [0.3, 0.4) is 0 Å². The molecule has 0 saturated heterocycles. The van der Waals surface area contributed by atoms with E-state index in [-0.39, 0.29) is 18.9 Å². The smallest absolute Gasteiger partial charge is 0.379 e. The number of carboxylic acids is 2. The van der Waals surface area contributed by atoms with Gasteiger partial charge in [-0.15, -0.1) is 0 Å². The van der Waals surface area contributed by atoms with Crippen molar-refractivity contribution in [2.75, 3.05) is 6.61 Å². The number of Topliss-reactive ketones (excluding diaryl/α,β-unsaturated/α-hetero) is 1. The fourth-order valence-corrected chi connectivity index (χ4v) is 5.84. The van der Waals surface area contributed by atoms with Crippen molar-refractivity contribution in [3.05, 3.63) is 71.3 Å². The van der Waals surface area contributed by atoms with Crippen LogP contribution in [0.15, 0.2) is 54.6 Å². The normalized spacial score (nSPS) is 22.6. The van der Waals surface area contributed by atoms with Gasteiger partial charge in [0, 0.05) is 18.4 Å². The monoisotopic (exact) mass is 536 g/mol. The highest BCUT2D eigenvalue weighted by Gasteiger charge is 2.25. The number of carboxylic acid groups (broad SMARTS) is 2. The largest absolute Gasteiger partial charge is 0.481 e. The first-order chi connectivity index (χ1) is 18.8. The molecule has 7 heteroatoms. The Balaban J connectivity index is 0.000000230. The molecule has 2 aromatic carbocycles. The van der Waals surface area contributed by atoms with Crippen molar-refractivity contribution in [1.29, 1.82) is 0 Å². The van der Waals surface area contributed by atoms with Gasteiger partial charge in [0.05, 0.1) is 6.61 Å². The van der Waals surface area contributed by atoms with Crippen molar-refractivity contribution >= 4 is 23.7 Å². The van der Waals surface area contributed by atoms with Crippen LogP contribution in [0.25, 0.3) is 0 Å². The average Bonchev–Trinajstić information content (AvgIpc) is 2.94. The standard InChI is InChI=1S/C18H22O5.C14H18O2/c1-2-23-18(22)17(21)15-9-7-14(8-10-15)13-5-3-12(4-6-13)11-16(19)20;15-14(16)10-11-6-8-13(9-7-11)12-4-2-1-3-5-12/h7-10,12-13H,2-6,11H2,1H3,(H,19,20);1-5,11,13H,6-10H2,(H,15,16). The zero-order valence-corrected chi connectivity index (χ0v) is 22.7. The van der Waals surface area contributed by atoms with Crippen LogP contribution in [0, 0.1) is 11.8 Å². The van der Waals surface area contributed by atoms with E-state index in [0.717, 1.165) is 56.9 Å². The maximum atomic E-state index is 11.8. The summed E-state index contributed by atoms with van der Waals surface area (Å²) in [4.78, 5) is 44.6. The highest BCUT2D eigenvalue weighted by atomic mass is 16.5. The zero-order valence-electron chi connectivity index (χ0n) is 22.7. The molecule has 0 bridgehead atoms. The number of rotatable bonds is 9. The molecule has 0 heterocycles. The van der Waals surface area contributed by atoms with Crippen LogP contribution in [-0.4, -0.2) is 40.5 Å². The Labute approximate surface area is 230 Å². The van der Waals surface area contributed by atoms with Gasteiger partial charge in [0.15, 0.2) is 0 Å². The van der Waals surface area contributed by atoms with Crippen LogP contribution in [0.1, 0.15) is 104 Å². The Bertz CT molecular complexity index is 1080. The van der Waals surface area contributed by atoms with Gasteiger partial charge >= 0.3 is 17.9 Å². The van der Waals surface area contributed by atoms with Crippen LogP contribution in [0.2, 0.25) is 0 Å². The average molecular weight is 537 g/mol. The van der Waals surface area contributed by atoms with Gasteiger partial charge in [0.1, 0.15) is 0 Å². The van der Waals surface area contributed by atoms with E-state index in [4.69, 9.17) is 14.9 Å². The molecule has 0 aromatic heterocycles. The van der Waals surface area contributed by atoms with Crippen LogP contribution in [0.4, 0.5) is 0 Å². The van der Waals surface area contributed by atoms with E-state index in [0.29, 0.717) is 29.7 Å². The fraction of sp³-hybridized carbons (Fsp3) is 0.500. The topological polar surface area (TPSA) is 118 Å². The highest BCUT2D eigenvalue weighted by Crippen LogP contribution is 2.38. The highest BCUT2D eigenvalue weighted by molar-refractivity contribution is 6.40. The molecule has 0 atom stereocenters. The first-order valence-corrected chi connectivity index (χ1v) is 14.1. The summed E-state index contributed by atoms with van der Waals surface area (Å²) in [5.41, 5.74) is 2.89. The quantitative estimate of drug-likeness (QED) is 0.210. The lowest BCUT2D eigenvalue weighted by atomic mass is 9.77. The van der Waals surface area contributed by atoms with E-state index in [1.807, 2.05) is 18.2 Å². The molecular weight excluding hydrogens is 496 g/mol. The molecule has 2 fully saturated rings. The Morgan fingerprint density at radius 1 is 0.667 bits per heavy atom. The Morgan fingerprint density at radius 2 is 1.10 bits per heavy atom. The first-order valence-electron chi connectivity index (χ1n) is 14.1. The van der Waals surface area contributed by atoms with Crippen LogP contribution in [0.5, 0.6) is 0 Å². The summed E-state index contributed by atoms with van der Waals surface area (Å²) >= 11 is 0. The summed E-state index contributed by atoms with van der Waals surface area (Å²) < 4.78 is 4.71. The van der Waals surface area contributed by atoms with E-state index < -0.39 is 23.7 Å². The van der Waals surface area contributed by atoms with Crippen molar-refractivity contribution in [2.24, 2.45) is 11.8 Å². The van der Waals surface area contributed by atoms with Crippen LogP contribution < -0.4 is 0 Å². The minimum atomic E-state index is -0.825. The number of hydrogen-bond acceptors (Lipinski definition) is 5.